The molecule has 1 amide bonds. The number of phenols is 1. The van der Waals surface area contributed by atoms with Crippen LogP contribution in [0.25, 0.3) is 11.6 Å². The zero-order valence-electron chi connectivity index (χ0n) is 11.7. The van der Waals surface area contributed by atoms with E-state index in [0.29, 0.717) is 11.1 Å². The Labute approximate surface area is 126 Å². The number of fused-ring (bicyclic) bond motifs is 1. The van der Waals surface area contributed by atoms with Gasteiger partial charge in [0.1, 0.15) is 0 Å². The molecule has 0 aromatic heterocycles. The van der Waals surface area contributed by atoms with E-state index in [1.165, 1.54) is 23.1 Å². The van der Waals surface area contributed by atoms with Gasteiger partial charge in [-0.3, -0.25) is 14.9 Å². The molecule has 6 nitrogen and oxygen atoms in total. The van der Waals surface area contributed by atoms with E-state index in [0.717, 1.165) is 11.3 Å². The maximum Gasteiger partial charge on any atom is 0.311 e. The maximum absolute atomic E-state index is 12.3. The molecule has 0 saturated carbocycles. The van der Waals surface area contributed by atoms with Gasteiger partial charge in [-0.25, -0.2) is 0 Å². The summed E-state index contributed by atoms with van der Waals surface area (Å²) in [7, 11) is 1.68. The molecule has 0 radical (unpaired) electrons. The van der Waals surface area contributed by atoms with E-state index < -0.39 is 10.7 Å². The molecule has 6 heteroatoms. The van der Waals surface area contributed by atoms with Gasteiger partial charge in [0.15, 0.2) is 5.75 Å². The largest absolute Gasteiger partial charge is 0.502 e. The van der Waals surface area contributed by atoms with Gasteiger partial charge in [0.25, 0.3) is 5.91 Å². The lowest BCUT2D eigenvalue weighted by Crippen LogP contribution is -2.20. The highest BCUT2D eigenvalue weighted by atomic mass is 16.6. The molecule has 0 fully saturated rings. The van der Waals surface area contributed by atoms with Crippen molar-refractivity contribution in [3.63, 3.8) is 0 Å². The summed E-state index contributed by atoms with van der Waals surface area (Å²) in [5.41, 5.74) is 2.15. The second-order valence-electron chi connectivity index (χ2n) is 4.94. The summed E-state index contributed by atoms with van der Waals surface area (Å²) in [6.45, 7) is 0. The van der Waals surface area contributed by atoms with Crippen molar-refractivity contribution in [3.05, 3.63) is 63.7 Å². The van der Waals surface area contributed by atoms with Gasteiger partial charge >= 0.3 is 5.69 Å². The highest BCUT2D eigenvalue weighted by Gasteiger charge is 2.29. The van der Waals surface area contributed by atoms with Crippen LogP contribution >= 0.6 is 0 Å². The summed E-state index contributed by atoms with van der Waals surface area (Å²) in [4.78, 5) is 24.1. The molecule has 0 aliphatic carbocycles. The second-order valence-corrected chi connectivity index (χ2v) is 4.94. The first-order valence-electron chi connectivity index (χ1n) is 6.55. The lowest BCUT2D eigenvalue weighted by molar-refractivity contribution is -0.385. The van der Waals surface area contributed by atoms with E-state index in [4.69, 9.17) is 0 Å². The Morgan fingerprint density at radius 1 is 1.23 bits per heavy atom. The average Bonchev–Trinajstić information content (AvgIpc) is 2.74. The van der Waals surface area contributed by atoms with Crippen molar-refractivity contribution in [1.82, 2.24) is 0 Å². The number of carbonyl (C=O) groups is 1. The Bertz CT molecular complexity index is 827. The number of nitro benzene ring substituents is 1. The highest BCUT2D eigenvalue weighted by molar-refractivity contribution is 6.35. The summed E-state index contributed by atoms with van der Waals surface area (Å²) in [5.74, 6) is -0.570. The van der Waals surface area contributed by atoms with Gasteiger partial charge in [0.05, 0.1) is 10.6 Å². The lowest BCUT2D eigenvalue weighted by atomic mass is 10.0. The summed E-state index contributed by atoms with van der Waals surface area (Å²) < 4.78 is 0. The van der Waals surface area contributed by atoms with Crippen LogP contribution in [0.1, 0.15) is 11.1 Å². The van der Waals surface area contributed by atoms with Gasteiger partial charge in [0.2, 0.25) is 0 Å². The number of benzene rings is 2. The number of likely N-dealkylation sites (N-methyl/N-ethyl adjacent to an activating group) is 1. The summed E-state index contributed by atoms with van der Waals surface area (Å²) in [6, 6.07) is 11.4. The number of nitrogens with zero attached hydrogens (tertiary/aromatic N) is 2. The van der Waals surface area contributed by atoms with Crippen molar-refractivity contribution in [2.75, 3.05) is 11.9 Å². The lowest BCUT2D eigenvalue weighted by Gasteiger charge is -2.07. The van der Waals surface area contributed by atoms with Crippen LogP contribution < -0.4 is 4.90 Å². The van der Waals surface area contributed by atoms with E-state index in [1.807, 2.05) is 24.3 Å². The van der Waals surface area contributed by atoms with Gasteiger partial charge in [-0.1, -0.05) is 24.3 Å². The maximum atomic E-state index is 12.3. The van der Waals surface area contributed by atoms with Crippen LogP contribution in [-0.2, 0) is 4.79 Å². The predicted molar refractivity (Wildman–Crippen MR) is 82.5 cm³/mol. The number of carbonyl (C=O) groups excluding carboxylic acids is 1. The molecule has 3 rings (SSSR count). The first-order chi connectivity index (χ1) is 10.5. The molecule has 0 bridgehead atoms. The van der Waals surface area contributed by atoms with Crippen molar-refractivity contribution in [2.24, 2.45) is 0 Å². The summed E-state index contributed by atoms with van der Waals surface area (Å²) in [5, 5.41) is 20.4. The molecule has 2 aromatic rings. The van der Waals surface area contributed by atoms with Crippen molar-refractivity contribution in [2.45, 2.75) is 0 Å². The molecule has 1 N–H and O–H groups in total. The predicted octanol–water partition coefficient (Wildman–Crippen LogP) is 2.82. The van der Waals surface area contributed by atoms with Gasteiger partial charge in [0, 0.05) is 24.3 Å². The molecular weight excluding hydrogens is 284 g/mol. The quantitative estimate of drug-likeness (QED) is 0.524. The number of rotatable bonds is 2. The Morgan fingerprint density at radius 2 is 1.95 bits per heavy atom. The monoisotopic (exact) mass is 296 g/mol. The minimum absolute atomic E-state index is 0.170. The molecular formula is C16H12N2O4. The van der Waals surface area contributed by atoms with Crippen molar-refractivity contribution in [1.29, 1.82) is 0 Å². The minimum atomic E-state index is -0.659. The topological polar surface area (TPSA) is 83.7 Å². The van der Waals surface area contributed by atoms with Gasteiger partial charge in [-0.15, -0.1) is 0 Å². The van der Waals surface area contributed by atoms with E-state index in [1.54, 1.807) is 13.1 Å². The number of hydrogen-bond acceptors (Lipinski definition) is 4. The molecule has 0 atom stereocenters. The zero-order chi connectivity index (χ0) is 15.9. The third-order valence-electron chi connectivity index (χ3n) is 3.60. The van der Waals surface area contributed by atoms with Crippen LogP contribution in [0.2, 0.25) is 0 Å². The van der Waals surface area contributed by atoms with Crippen molar-refractivity contribution in [3.8, 4) is 5.75 Å². The summed E-state index contributed by atoms with van der Waals surface area (Å²) in [6.07, 6.45) is 1.59. The van der Waals surface area contributed by atoms with Crippen LogP contribution in [0.3, 0.4) is 0 Å². The standard InChI is InChI=1S/C16H12N2O4/c1-17-13-5-3-2-4-11(13)12(16(17)20)8-10-6-7-15(19)14(9-10)18(21)22/h2-9,19H,1H3/b12-8+. The normalized spacial score (nSPS) is 15.2. The van der Waals surface area contributed by atoms with E-state index in [2.05, 4.69) is 0 Å². The Kier molecular flexibility index (Phi) is 3.14. The third kappa shape index (κ3) is 2.10. The Hall–Kier alpha value is -3.15. The molecule has 110 valence electrons. The van der Waals surface area contributed by atoms with E-state index >= 15 is 0 Å². The zero-order valence-corrected chi connectivity index (χ0v) is 11.7. The number of para-hydroxylation sites is 1. The first-order valence-corrected chi connectivity index (χ1v) is 6.55. The third-order valence-corrected chi connectivity index (χ3v) is 3.60. The second kappa shape index (κ2) is 5.00. The fourth-order valence-electron chi connectivity index (χ4n) is 2.48. The Morgan fingerprint density at radius 3 is 2.68 bits per heavy atom. The minimum Gasteiger partial charge on any atom is -0.502 e. The van der Waals surface area contributed by atoms with Crippen molar-refractivity contribution < 1.29 is 14.8 Å². The molecule has 1 aliphatic rings. The number of amides is 1. The van der Waals surface area contributed by atoms with E-state index in [9.17, 15) is 20.0 Å². The highest BCUT2D eigenvalue weighted by Crippen LogP contribution is 2.37. The smallest absolute Gasteiger partial charge is 0.311 e. The first kappa shape index (κ1) is 13.8. The molecule has 0 spiro atoms. The van der Waals surface area contributed by atoms with Gasteiger partial charge < -0.3 is 10.0 Å². The summed E-state index contributed by atoms with van der Waals surface area (Å²) >= 11 is 0. The number of phenolic OH excluding ortho intramolecular Hbond substituents is 1. The molecule has 22 heavy (non-hydrogen) atoms. The Balaban J connectivity index is 2.12. The van der Waals surface area contributed by atoms with Crippen LogP contribution in [0.4, 0.5) is 11.4 Å². The van der Waals surface area contributed by atoms with Gasteiger partial charge in [-0.2, -0.15) is 0 Å². The van der Waals surface area contributed by atoms with Crippen LogP contribution in [0.5, 0.6) is 5.75 Å². The van der Waals surface area contributed by atoms with Gasteiger partial charge in [-0.05, 0) is 23.8 Å². The number of hydrogen-bond donors (Lipinski definition) is 1. The fraction of sp³-hybridized carbons (Fsp3) is 0.0625. The van der Waals surface area contributed by atoms with E-state index in [-0.39, 0.29) is 11.6 Å². The van der Waals surface area contributed by atoms with Crippen molar-refractivity contribution >= 4 is 28.9 Å². The molecule has 0 unspecified atom stereocenters. The number of anilines is 1. The molecule has 0 saturated heterocycles. The van der Waals surface area contributed by atoms with Crippen LogP contribution in [0.15, 0.2) is 42.5 Å². The molecule has 1 aliphatic heterocycles. The number of aromatic hydroxyl groups is 1. The molecule has 1 heterocycles. The SMILES string of the molecule is CN1C(=O)/C(=C/c2ccc(O)c([N+](=O)[O-])c2)c2ccccc21. The fourth-order valence-corrected chi connectivity index (χ4v) is 2.48. The number of nitro groups is 1. The average molecular weight is 296 g/mol. The van der Waals surface area contributed by atoms with Crippen LogP contribution in [0, 0.1) is 10.1 Å². The molecule has 2 aromatic carbocycles. The van der Waals surface area contributed by atoms with Crippen LogP contribution in [-0.4, -0.2) is 23.0 Å².